The van der Waals surface area contributed by atoms with Crippen molar-refractivity contribution in [1.82, 2.24) is 10.2 Å². The molecule has 1 fully saturated rings. The minimum Gasteiger partial charge on any atom is -0.454 e. The van der Waals surface area contributed by atoms with E-state index in [4.69, 9.17) is 25.8 Å². The number of amides is 1. The van der Waals surface area contributed by atoms with Crippen LogP contribution >= 0.6 is 11.6 Å². The lowest BCUT2D eigenvalue weighted by Crippen LogP contribution is -2.45. The Hall–Kier alpha value is -1.76. The predicted molar refractivity (Wildman–Crippen MR) is 91.5 cm³/mol. The molecule has 0 unspecified atom stereocenters. The van der Waals surface area contributed by atoms with Gasteiger partial charge in [0.25, 0.3) is 0 Å². The molecule has 130 valence electrons. The molecular formula is C17H21ClN2O4. The Kier molecular flexibility index (Phi) is 5.60. The van der Waals surface area contributed by atoms with Gasteiger partial charge in [-0.05, 0) is 30.7 Å². The average molecular weight is 353 g/mol. The number of carbonyl (C=O) groups is 1. The van der Waals surface area contributed by atoms with E-state index >= 15 is 0 Å². The normalized spacial score (nSPS) is 18.8. The summed E-state index contributed by atoms with van der Waals surface area (Å²) in [4.78, 5) is 14.3. The lowest BCUT2D eigenvalue weighted by Gasteiger charge is -2.29. The summed E-state index contributed by atoms with van der Waals surface area (Å²) in [6.45, 7) is 6.31. The molecule has 0 aliphatic carbocycles. The van der Waals surface area contributed by atoms with Crippen LogP contribution < -0.4 is 14.8 Å². The number of hydrogen-bond acceptors (Lipinski definition) is 5. The first-order valence-electron chi connectivity index (χ1n) is 7.99. The highest BCUT2D eigenvalue weighted by atomic mass is 35.5. The highest BCUT2D eigenvalue weighted by molar-refractivity contribution is 6.32. The van der Waals surface area contributed by atoms with Gasteiger partial charge in [-0.15, -0.1) is 0 Å². The molecule has 1 N–H and O–H groups in total. The molecule has 1 aromatic carbocycles. The van der Waals surface area contributed by atoms with Crippen LogP contribution in [0, 0.1) is 0 Å². The fourth-order valence-corrected chi connectivity index (χ4v) is 3.04. The van der Waals surface area contributed by atoms with Crippen LogP contribution in [0.5, 0.6) is 11.5 Å². The van der Waals surface area contributed by atoms with Gasteiger partial charge in [-0.3, -0.25) is 9.69 Å². The molecule has 0 aromatic heterocycles. The van der Waals surface area contributed by atoms with Crippen LogP contribution in [0.3, 0.4) is 0 Å². The quantitative estimate of drug-likeness (QED) is 0.820. The van der Waals surface area contributed by atoms with E-state index in [0.29, 0.717) is 16.5 Å². The van der Waals surface area contributed by atoms with Gasteiger partial charge in [-0.2, -0.15) is 0 Å². The molecule has 1 amide bonds. The van der Waals surface area contributed by atoms with Crippen LogP contribution in [-0.4, -0.2) is 56.5 Å². The lowest BCUT2D eigenvalue weighted by atomic mass is 10.2. The van der Waals surface area contributed by atoms with Crippen molar-refractivity contribution >= 4 is 23.6 Å². The van der Waals surface area contributed by atoms with Gasteiger partial charge in [0.2, 0.25) is 12.7 Å². The standard InChI is InChI=1S/C17H21ClN2O4/c1-12(10-20-4-6-22-7-5-20)19-16(21)3-2-13-8-14(18)17-15(9-13)23-11-24-17/h2-3,8-9,12H,4-7,10-11H2,1H3,(H,19,21)/b3-2-/t12-/m0/s1. The van der Waals surface area contributed by atoms with Crippen molar-refractivity contribution in [3.8, 4) is 11.5 Å². The van der Waals surface area contributed by atoms with Crippen molar-refractivity contribution in [2.45, 2.75) is 13.0 Å². The third-order valence-electron chi connectivity index (χ3n) is 3.90. The van der Waals surface area contributed by atoms with Crippen LogP contribution in [0.15, 0.2) is 18.2 Å². The summed E-state index contributed by atoms with van der Waals surface area (Å²) in [5.74, 6) is 1.02. The number of nitrogens with zero attached hydrogens (tertiary/aromatic N) is 1. The zero-order valence-corrected chi connectivity index (χ0v) is 14.3. The summed E-state index contributed by atoms with van der Waals surface area (Å²) in [7, 11) is 0. The number of fused-ring (bicyclic) bond motifs is 1. The molecule has 2 heterocycles. The SMILES string of the molecule is C[C@@H](CN1CCOCC1)NC(=O)/C=C\c1cc(Cl)c2c(c1)OCO2. The van der Waals surface area contributed by atoms with Gasteiger partial charge in [0.15, 0.2) is 11.5 Å². The fourth-order valence-electron chi connectivity index (χ4n) is 2.76. The van der Waals surface area contributed by atoms with E-state index in [2.05, 4.69) is 10.2 Å². The molecule has 1 atom stereocenters. The Morgan fingerprint density at radius 2 is 2.17 bits per heavy atom. The summed E-state index contributed by atoms with van der Waals surface area (Å²) in [5.41, 5.74) is 0.792. The first-order valence-corrected chi connectivity index (χ1v) is 8.37. The number of halogens is 1. The fraction of sp³-hybridized carbons (Fsp3) is 0.471. The summed E-state index contributed by atoms with van der Waals surface area (Å²) in [6.07, 6.45) is 3.22. The van der Waals surface area contributed by atoms with Gasteiger partial charge in [-0.25, -0.2) is 0 Å². The van der Waals surface area contributed by atoms with Gasteiger partial charge in [0.1, 0.15) is 0 Å². The van der Waals surface area contributed by atoms with Crippen LogP contribution in [-0.2, 0) is 9.53 Å². The number of ether oxygens (including phenoxy) is 3. The van der Waals surface area contributed by atoms with Crippen LogP contribution in [0.25, 0.3) is 6.08 Å². The maximum Gasteiger partial charge on any atom is 0.244 e. The summed E-state index contributed by atoms with van der Waals surface area (Å²) >= 11 is 6.13. The van der Waals surface area contributed by atoms with E-state index in [-0.39, 0.29) is 18.7 Å². The first-order chi connectivity index (χ1) is 11.6. The van der Waals surface area contributed by atoms with Crippen LogP contribution in [0.4, 0.5) is 0 Å². The Bertz CT molecular complexity index is 629. The topological polar surface area (TPSA) is 60.0 Å². The molecular weight excluding hydrogens is 332 g/mol. The number of morpholine rings is 1. The molecule has 2 aliphatic rings. The molecule has 3 rings (SSSR count). The zero-order chi connectivity index (χ0) is 16.9. The number of carbonyl (C=O) groups excluding carboxylic acids is 1. The molecule has 24 heavy (non-hydrogen) atoms. The largest absolute Gasteiger partial charge is 0.454 e. The molecule has 0 radical (unpaired) electrons. The van der Waals surface area contributed by atoms with Gasteiger partial charge >= 0.3 is 0 Å². The minimum atomic E-state index is -0.135. The maximum absolute atomic E-state index is 12.1. The van der Waals surface area contributed by atoms with Crippen LogP contribution in [0.1, 0.15) is 12.5 Å². The van der Waals surface area contributed by atoms with Crippen LogP contribution in [0.2, 0.25) is 5.02 Å². The van der Waals surface area contributed by atoms with E-state index in [9.17, 15) is 4.79 Å². The van der Waals surface area contributed by atoms with Gasteiger partial charge in [0.05, 0.1) is 18.2 Å². The maximum atomic E-state index is 12.1. The summed E-state index contributed by atoms with van der Waals surface area (Å²) in [5, 5.41) is 3.44. The van der Waals surface area contributed by atoms with Crippen molar-refractivity contribution in [1.29, 1.82) is 0 Å². The van der Waals surface area contributed by atoms with Crippen molar-refractivity contribution in [3.05, 3.63) is 28.8 Å². The van der Waals surface area contributed by atoms with Gasteiger partial charge in [0, 0.05) is 31.8 Å². The summed E-state index contributed by atoms with van der Waals surface area (Å²) < 4.78 is 15.9. The third kappa shape index (κ3) is 4.41. The number of benzene rings is 1. The second kappa shape index (κ2) is 7.88. The second-order valence-electron chi connectivity index (χ2n) is 5.89. The average Bonchev–Trinajstić information content (AvgIpc) is 3.03. The number of nitrogens with one attached hydrogen (secondary N) is 1. The Balaban J connectivity index is 1.52. The number of hydrogen-bond donors (Lipinski definition) is 1. The molecule has 1 aromatic rings. The van der Waals surface area contributed by atoms with E-state index < -0.39 is 0 Å². The van der Waals surface area contributed by atoms with Crippen molar-refractivity contribution in [3.63, 3.8) is 0 Å². The molecule has 0 saturated carbocycles. The van der Waals surface area contributed by atoms with E-state index in [1.54, 1.807) is 18.2 Å². The van der Waals surface area contributed by atoms with Gasteiger partial charge < -0.3 is 19.5 Å². The highest BCUT2D eigenvalue weighted by Gasteiger charge is 2.18. The molecule has 0 bridgehead atoms. The smallest absolute Gasteiger partial charge is 0.244 e. The summed E-state index contributed by atoms with van der Waals surface area (Å²) in [6, 6.07) is 3.62. The van der Waals surface area contributed by atoms with E-state index in [1.165, 1.54) is 6.08 Å². The molecule has 0 spiro atoms. The third-order valence-corrected chi connectivity index (χ3v) is 4.18. The monoisotopic (exact) mass is 352 g/mol. The Labute approximate surface area is 146 Å². The van der Waals surface area contributed by atoms with Gasteiger partial charge in [-0.1, -0.05) is 11.6 Å². The second-order valence-corrected chi connectivity index (χ2v) is 6.30. The highest BCUT2D eigenvalue weighted by Crippen LogP contribution is 2.40. The van der Waals surface area contributed by atoms with E-state index in [1.807, 2.05) is 6.92 Å². The zero-order valence-electron chi connectivity index (χ0n) is 13.6. The van der Waals surface area contributed by atoms with Crippen molar-refractivity contribution in [2.75, 3.05) is 39.6 Å². The van der Waals surface area contributed by atoms with Crippen molar-refractivity contribution in [2.24, 2.45) is 0 Å². The Morgan fingerprint density at radius 1 is 1.38 bits per heavy atom. The molecule has 7 heteroatoms. The van der Waals surface area contributed by atoms with Crippen molar-refractivity contribution < 1.29 is 19.0 Å². The Morgan fingerprint density at radius 3 is 2.96 bits per heavy atom. The predicted octanol–water partition coefficient (Wildman–Crippen LogP) is 1.92. The molecule has 1 saturated heterocycles. The minimum absolute atomic E-state index is 0.0700. The molecule has 6 nitrogen and oxygen atoms in total. The van der Waals surface area contributed by atoms with E-state index in [0.717, 1.165) is 38.4 Å². The lowest BCUT2D eigenvalue weighted by molar-refractivity contribution is -0.117. The first kappa shape index (κ1) is 17.1. The number of rotatable bonds is 5. The molecule has 2 aliphatic heterocycles.